The number of hydrogen-bond acceptors (Lipinski definition) is 2. The van der Waals surface area contributed by atoms with Crippen molar-refractivity contribution in [2.75, 3.05) is 0 Å². The van der Waals surface area contributed by atoms with E-state index in [1.807, 2.05) is 19.1 Å². The van der Waals surface area contributed by atoms with Crippen LogP contribution >= 0.6 is 0 Å². The third-order valence-corrected chi connectivity index (χ3v) is 9.58. The van der Waals surface area contributed by atoms with E-state index < -0.39 is 5.41 Å². The smallest absolute Gasteiger partial charge is 0.0775 e. The molecule has 0 amide bonds. The first-order valence-corrected chi connectivity index (χ1v) is 15.4. The van der Waals surface area contributed by atoms with Crippen LogP contribution in [0.3, 0.4) is 0 Å². The molecule has 2 aliphatic rings. The molecule has 0 heterocycles. The van der Waals surface area contributed by atoms with Crippen molar-refractivity contribution in [1.29, 1.82) is 5.41 Å². The molecule has 0 aromatic heterocycles. The maximum Gasteiger partial charge on any atom is 0.0775 e. The number of allylic oxidation sites excluding steroid dienone is 6. The van der Waals surface area contributed by atoms with E-state index in [0.717, 1.165) is 16.5 Å². The van der Waals surface area contributed by atoms with Gasteiger partial charge in [0.1, 0.15) is 0 Å². The molecule has 0 saturated heterocycles. The fourth-order valence-corrected chi connectivity index (χ4v) is 7.71. The summed E-state index contributed by atoms with van der Waals surface area (Å²) >= 11 is 0. The van der Waals surface area contributed by atoms with Crippen LogP contribution in [-0.4, -0.2) is 5.71 Å². The Morgan fingerprint density at radius 2 is 1.40 bits per heavy atom. The predicted molar refractivity (Wildman–Crippen MR) is 191 cm³/mol. The normalized spacial score (nSPS) is 14.5. The van der Waals surface area contributed by atoms with Gasteiger partial charge in [-0.2, -0.15) is 0 Å². The van der Waals surface area contributed by atoms with Crippen LogP contribution in [0.25, 0.3) is 49.4 Å². The third-order valence-electron chi connectivity index (χ3n) is 9.58. The van der Waals surface area contributed by atoms with E-state index in [4.69, 9.17) is 11.1 Å². The van der Waals surface area contributed by atoms with E-state index >= 15 is 0 Å². The average Bonchev–Trinajstić information content (AvgIpc) is 3.57. The third kappa shape index (κ3) is 3.72. The van der Waals surface area contributed by atoms with Crippen LogP contribution in [0, 0.1) is 5.41 Å². The Balaban J connectivity index is 1.43. The topological polar surface area (TPSA) is 49.9 Å². The first-order valence-electron chi connectivity index (χ1n) is 15.4. The Morgan fingerprint density at radius 1 is 0.711 bits per heavy atom. The van der Waals surface area contributed by atoms with Gasteiger partial charge in [0.2, 0.25) is 0 Å². The molecule has 3 N–H and O–H groups in total. The minimum Gasteiger partial charge on any atom is -0.397 e. The van der Waals surface area contributed by atoms with Gasteiger partial charge < -0.3 is 5.73 Å². The van der Waals surface area contributed by atoms with Crippen molar-refractivity contribution in [2.24, 2.45) is 5.73 Å². The van der Waals surface area contributed by atoms with Crippen LogP contribution in [0.5, 0.6) is 0 Å². The number of hydrogen-bond donors (Lipinski definition) is 2. The molecule has 8 rings (SSSR count). The molecule has 2 heteroatoms. The predicted octanol–water partition coefficient (Wildman–Crippen LogP) is 10.3. The quantitative estimate of drug-likeness (QED) is 0.155. The van der Waals surface area contributed by atoms with Gasteiger partial charge in [-0.05, 0) is 102 Å². The second-order valence-electron chi connectivity index (χ2n) is 11.8. The summed E-state index contributed by atoms with van der Waals surface area (Å²) in [4.78, 5) is 0. The van der Waals surface area contributed by atoms with E-state index in [2.05, 4.69) is 122 Å². The van der Waals surface area contributed by atoms with E-state index in [9.17, 15) is 0 Å². The van der Waals surface area contributed by atoms with Crippen molar-refractivity contribution in [3.05, 3.63) is 186 Å². The lowest BCUT2D eigenvalue weighted by Crippen LogP contribution is -2.26. The van der Waals surface area contributed by atoms with Crippen LogP contribution in [-0.2, 0) is 5.41 Å². The zero-order chi connectivity index (χ0) is 30.7. The van der Waals surface area contributed by atoms with Crippen molar-refractivity contribution in [3.63, 3.8) is 0 Å². The minimum atomic E-state index is -0.436. The molecule has 0 unspecified atom stereocenters. The van der Waals surface area contributed by atoms with Gasteiger partial charge in [0.25, 0.3) is 0 Å². The Kier molecular flexibility index (Phi) is 6.08. The first kappa shape index (κ1) is 26.9. The van der Waals surface area contributed by atoms with Crippen LogP contribution in [0.2, 0.25) is 0 Å². The molecular weight excluding hydrogens is 544 g/mol. The van der Waals surface area contributed by atoms with Crippen molar-refractivity contribution < 1.29 is 0 Å². The number of fused-ring (bicyclic) bond motifs is 14. The molecule has 0 atom stereocenters. The summed E-state index contributed by atoms with van der Waals surface area (Å²) in [6, 6.07) is 42.5. The Hall–Kier alpha value is -5.73. The van der Waals surface area contributed by atoms with Gasteiger partial charge in [0.15, 0.2) is 0 Å². The lowest BCUT2D eigenvalue weighted by molar-refractivity contribution is 0.802. The van der Waals surface area contributed by atoms with Crippen LogP contribution in [0.4, 0.5) is 0 Å². The van der Waals surface area contributed by atoms with Gasteiger partial charge in [0.05, 0.1) is 16.8 Å². The van der Waals surface area contributed by atoms with Gasteiger partial charge >= 0.3 is 0 Å². The van der Waals surface area contributed by atoms with E-state index in [-0.39, 0.29) is 5.71 Å². The molecule has 0 bridgehead atoms. The molecule has 0 saturated carbocycles. The second kappa shape index (κ2) is 10.2. The molecule has 0 aliphatic heterocycles. The first-order chi connectivity index (χ1) is 22.1. The second-order valence-corrected chi connectivity index (χ2v) is 11.8. The summed E-state index contributed by atoms with van der Waals surface area (Å²) in [7, 11) is 0. The highest BCUT2D eigenvalue weighted by atomic mass is 14.6. The fourth-order valence-electron chi connectivity index (χ4n) is 7.71. The van der Waals surface area contributed by atoms with Gasteiger partial charge in [-0.3, -0.25) is 5.41 Å². The highest BCUT2D eigenvalue weighted by Crippen LogP contribution is 2.64. The van der Waals surface area contributed by atoms with Crippen LogP contribution < -0.4 is 5.73 Å². The summed E-state index contributed by atoms with van der Waals surface area (Å²) < 4.78 is 0. The largest absolute Gasteiger partial charge is 0.397 e. The maximum absolute atomic E-state index is 8.56. The highest BCUT2D eigenvalue weighted by molar-refractivity contribution is 6.12. The Morgan fingerprint density at radius 3 is 2.13 bits per heavy atom. The lowest BCUT2D eigenvalue weighted by atomic mass is 9.69. The molecular formula is C43H32N2. The van der Waals surface area contributed by atoms with Gasteiger partial charge in [0, 0.05) is 0 Å². The Bertz CT molecular complexity index is 2280. The SMILES string of the molecule is C=C/C(=C\C(=N)/C(N)=C/C=C\C)c1ccc2c3c(ccc2c1)-c1c(ccc2ccccc12)C31c2ccccc2-c2ccccc21. The molecule has 0 fully saturated rings. The number of nitrogens with one attached hydrogen (secondary N) is 1. The zero-order valence-corrected chi connectivity index (χ0v) is 25.1. The molecule has 1 spiro atoms. The summed E-state index contributed by atoms with van der Waals surface area (Å²) in [5, 5.41) is 13.5. The fraction of sp³-hybridized carbons (Fsp3) is 0.0465. The van der Waals surface area contributed by atoms with E-state index in [1.54, 1.807) is 18.2 Å². The van der Waals surface area contributed by atoms with E-state index in [1.165, 1.54) is 60.7 Å². The number of rotatable bonds is 5. The van der Waals surface area contributed by atoms with Gasteiger partial charge in [-0.25, -0.2) is 0 Å². The highest BCUT2D eigenvalue weighted by Gasteiger charge is 2.52. The van der Waals surface area contributed by atoms with E-state index in [0.29, 0.717) is 5.70 Å². The van der Waals surface area contributed by atoms with Crippen molar-refractivity contribution in [2.45, 2.75) is 12.3 Å². The van der Waals surface area contributed by atoms with Crippen molar-refractivity contribution in [1.82, 2.24) is 0 Å². The monoisotopic (exact) mass is 576 g/mol. The van der Waals surface area contributed by atoms with Gasteiger partial charge in [-0.15, -0.1) is 0 Å². The Labute approximate surface area is 263 Å². The standard InChI is InChI=1S/C43H32N2/c1-3-5-18-39(44)40(45)26-27(4-2)29-19-22-32-30(25-29)20-23-35-41-31-13-7-6-12-28(31)21-24-38(41)43(42(32)35)36-16-10-8-14-33(36)34-15-9-11-17-37(34)43/h3-26,45H,2,44H2,1H3/b5-3-,27-26+,39-18-,45-40?. The molecule has 6 aromatic rings. The lowest BCUT2D eigenvalue weighted by Gasteiger charge is -2.31. The maximum atomic E-state index is 8.56. The molecule has 2 nitrogen and oxygen atoms in total. The van der Waals surface area contributed by atoms with Crippen LogP contribution in [0.1, 0.15) is 34.7 Å². The molecule has 0 radical (unpaired) electrons. The van der Waals surface area contributed by atoms with Gasteiger partial charge in [-0.1, -0.05) is 134 Å². The number of nitrogens with two attached hydrogens (primary N) is 1. The van der Waals surface area contributed by atoms with Crippen molar-refractivity contribution >= 4 is 32.8 Å². The van der Waals surface area contributed by atoms with Crippen LogP contribution in [0.15, 0.2) is 158 Å². The minimum absolute atomic E-state index is 0.262. The summed E-state index contributed by atoms with van der Waals surface area (Å²) in [5.74, 6) is 0. The number of benzene rings is 6. The van der Waals surface area contributed by atoms with Crippen molar-refractivity contribution in [3.8, 4) is 22.3 Å². The molecule has 214 valence electrons. The zero-order valence-electron chi connectivity index (χ0n) is 25.1. The summed E-state index contributed by atoms with van der Waals surface area (Å²) in [5.41, 5.74) is 18.8. The summed E-state index contributed by atoms with van der Waals surface area (Å²) in [6.45, 7) is 6.00. The molecule has 2 aliphatic carbocycles. The average molecular weight is 577 g/mol. The molecule has 6 aromatic carbocycles. The summed E-state index contributed by atoms with van der Waals surface area (Å²) in [6.07, 6.45) is 9.09. The molecule has 45 heavy (non-hydrogen) atoms.